The third-order valence-corrected chi connectivity index (χ3v) is 3.90. The summed E-state index contributed by atoms with van der Waals surface area (Å²) in [7, 11) is 0. The SMILES string of the molecule is CCNC(=NCc1ccc2c(c1)OCO2)NCCc1ccc(F)cc1F. The molecule has 0 unspecified atom stereocenters. The van der Waals surface area contributed by atoms with E-state index in [2.05, 4.69) is 15.6 Å². The number of nitrogens with one attached hydrogen (secondary N) is 2. The topological polar surface area (TPSA) is 54.9 Å². The van der Waals surface area contributed by atoms with E-state index in [-0.39, 0.29) is 6.79 Å². The van der Waals surface area contributed by atoms with Gasteiger partial charge < -0.3 is 20.1 Å². The molecule has 0 aliphatic carbocycles. The van der Waals surface area contributed by atoms with Gasteiger partial charge in [-0.1, -0.05) is 12.1 Å². The Labute approximate surface area is 151 Å². The van der Waals surface area contributed by atoms with Gasteiger partial charge in [0.25, 0.3) is 0 Å². The predicted molar refractivity (Wildman–Crippen MR) is 95.4 cm³/mol. The maximum atomic E-state index is 13.7. The van der Waals surface area contributed by atoms with Crippen LogP contribution in [0.2, 0.25) is 0 Å². The standard InChI is InChI=1S/C19H21F2N3O2/c1-2-22-19(23-8-7-14-4-5-15(20)10-16(14)21)24-11-13-3-6-17-18(9-13)26-12-25-17/h3-6,9-10H,2,7-8,11-12H2,1H3,(H2,22,23,24). The molecule has 0 radical (unpaired) electrons. The lowest BCUT2D eigenvalue weighted by atomic mass is 10.1. The van der Waals surface area contributed by atoms with Crippen molar-refractivity contribution in [2.75, 3.05) is 19.9 Å². The van der Waals surface area contributed by atoms with Crippen molar-refractivity contribution < 1.29 is 18.3 Å². The van der Waals surface area contributed by atoms with Gasteiger partial charge in [-0.2, -0.15) is 0 Å². The molecule has 138 valence electrons. The highest BCUT2D eigenvalue weighted by Crippen LogP contribution is 2.32. The fourth-order valence-electron chi connectivity index (χ4n) is 2.59. The number of nitrogens with zero attached hydrogens (tertiary/aromatic N) is 1. The molecule has 3 rings (SSSR count). The van der Waals surface area contributed by atoms with Crippen LogP contribution < -0.4 is 20.1 Å². The summed E-state index contributed by atoms with van der Waals surface area (Å²) in [6.45, 7) is 3.87. The molecule has 1 heterocycles. The fraction of sp³-hybridized carbons (Fsp3) is 0.316. The molecule has 1 aliphatic rings. The van der Waals surface area contributed by atoms with Crippen LogP contribution in [0.25, 0.3) is 0 Å². The molecule has 0 fully saturated rings. The molecule has 1 aliphatic heterocycles. The molecule has 26 heavy (non-hydrogen) atoms. The lowest BCUT2D eigenvalue weighted by Crippen LogP contribution is -2.38. The highest BCUT2D eigenvalue weighted by Gasteiger charge is 2.13. The van der Waals surface area contributed by atoms with Gasteiger partial charge in [0.1, 0.15) is 11.6 Å². The van der Waals surface area contributed by atoms with Crippen molar-refractivity contribution in [3.63, 3.8) is 0 Å². The number of benzene rings is 2. The Kier molecular flexibility index (Phi) is 5.88. The van der Waals surface area contributed by atoms with Crippen LogP contribution in [0.3, 0.4) is 0 Å². The van der Waals surface area contributed by atoms with E-state index in [1.807, 2.05) is 25.1 Å². The van der Waals surface area contributed by atoms with E-state index < -0.39 is 11.6 Å². The Morgan fingerprint density at radius 1 is 1.08 bits per heavy atom. The zero-order valence-electron chi connectivity index (χ0n) is 14.5. The number of halogens is 2. The van der Waals surface area contributed by atoms with E-state index in [4.69, 9.17) is 9.47 Å². The number of fused-ring (bicyclic) bond motifs is 1. The largest absolute Gasteiger partial charge is 0.454 e. The molecule has 0 saturated carbocycles. The molecule has 7 heteroatoms. The minimum absolute atomic E-state index is 0.242. The summed E-state index contributed by atoms with van der Waals surface area (Å²) in [5.74, 6) is 0.992. The monoisotopic (exact) mass is 361 g/mol. The maximum Gasteiger partial charge on any atom is 0.231 e. The second-order valence-electron chi connectivity index (χ2n) is 5.80. The van der Waals surface area contributed by atoms with E-state index >= 15 is 0 Å². The van der Waals surface area contributed by atoms with Crippen LogP contribution >= 0.6 is 0 Å². The molecule has 2 aromatic rings. The van der Waals surface area contributed by atoms with E-state index in [0.717, 1.165) is 23.1 Å². The maximum absolute atomic E-state index is 13.7. The van der Waals surface area contributed by atoms with E-state index in [0.29, 0.717) is 37.6 Å². The third kappa shape index (κ3) is 4.62. The number of rotatable bonds is 6. The lowest BCUT2D eigenvalue weighted by Gasteiger charge is -2.12. The summed E-state index contributed by atoms with van der Waals surface area (Å²) in [5.41, 5.74) is 1.46. The molecule has 5 nitrogen and oxygen atoms in total. The summed E-state index contributed by atoms with van der Waals surface area (Å²) >= 11 is 0. The van der Waals surface area contributed by atoms with Crippen LogP contribution in [0.5, 0.6) is 11.5 Å². The van der Waals surface area contributed by atoms with Gasteiger partial charge in [-0.3, -0.25) is 0 Å². The van der Waals surface area contributed by atoms with E-state index in [9.17, 15) is 8.78 Å². The van der Waals surface area contributed by atoms with Gasteiger partial charge in [0.2, 0.25) is 6.79 Å². The normalized spacial score (nSPS) is 13.0. The predicted octanol–water partition coefficient (Wildman–Crippen LogP) is 2.99. The number of hydrogen-bond acceptors (Lipinski definition) is 3. The van der Waals surface area contributed by atoms with E-state index in [1.54, 1.807) is 0 Å². The average molecular weight is 361 g/mol. The summed E-state index contributed by atoms with van der Waals surface area (Å²) in [4.78, 5) is 4.52. The van der Waals surface area contributed by atoms with Crippen LogP contribution in [-0.2, 0) is 13.0 Å². The molecule has 0 aromatic heterocycles. The summed E-state index contributed by atoms with van der Waals surface area (Å²) in [5, 5.41) is 6.30. The highest BCUT2D eigenvalue weighted by molar-refractivity contribution is 5.79. The summed E-state index contributed by atoms with van der Waals surface area (Å²) in [6, 6.07) is 9.33. The van der Waals surface area contributed by atoms with Gasteiger partial charge >= 0.3 is 0 Å². The van der Waals surface area contributed by atoms with Crippen molar-refractivity contribution in [3.8, 4) is 11.5 Å². The zero-order chi connectivity index (χ0) is 18.4. The number of aliphatic imine (C=N–C) groups is 1. The number of ether oxygens (including phenoxy) is 2. The van der Waals surface area contributed by atoms with Crippen molar-refractivity contribution in [3.05, 3.63) is 59.2 Å². The first kappa shape index (κ1) is 18.0. The number of hydrogen-bond donors (Lipinski definition) is 2. The van der Waals surface area contributed by atoms with Crippen LogP contribution in [0.4, 0.5) is 8.78 Å². The molecule has 2 N–H and O–H groups in total. The van der Waals surface area contributed by atoms with Crippen molar-refractivity contribution in [2.24, 2.45) is 4.99 Å². The second-order valence-corrected chi connectivity index (χ2v) is 5.80. The molecule has 0 amide bonds. The fourth-order valence-corrected chi connectivity index (χ4v) is 2.59. The second kappa shape index (κ2) is 8.51. The Morgan fingerprint density at radius 2 is 1.92 bits per heavy atom. The van der Waals surface area contributed by atoms with Crippen LogP contribution in [-0.4, -0.2) is 25.8 Å². The highest BCUT2D eigenvalue weighted by atomic mass is 19.1. The first-order valence-corrected chi connectivity index (χ1v) is 8.50. The van der Waals surface area contributed by atoms with Crippen LogP contribution in [0.15, 0.2) is 41.4 Å². The van der Waals surface area contributed by atoms with Crippen molar-refractivity contribution >= 4 is 5.96 Å². The van der Waals surface area contributed by atoms with Gasteiger partial charge in [-0.15, -0.1) is 0 Å². The first-order valence-electron chi connectivity index (χ1n) is 8.50. The average Bonchev–Trinajstić information content (AvgIpc) is 3.09. The van der Waals surface area contributed by atoms with Gasteiger partial charge in [0.05, 0.1) is 6.54 Å². The van der Waals surface area contributed by atoms with Gasteiger partial charge in [0, 0.05) is 19.2 Å². The molecule has 0 spiro atoms. The van der Waals surface area contributed by atoms with Crippen LogP contribution in [0.1, 0.15) is 18.1 Å². The molecule has 2 aromatic carbocycles. The zero-order valence-corrected chi connectivity index (χ0v) is 14.5. The first-order chi connectivity index (χ1) is 12.7. The summed E-state index contributed by atoms with van der Waals surface area (Å²) < 4.78 is 37.3. The van der Waals surface area contributed by atoms with Gasteiger partial charge in [-0.25, -0.2) is 13.8 Å². The Morgan fingerprint density at radius 3 is 2.73 bits per heavy atom. The Bertz CT molecular complexity index is 796. The lowest BCUT2D eigenvalue weighted by molar-refractivity contribution is 0.174. The molecule has 0 atom stereocenters. The van der Waals surface area contributed by atoms with Gasteiger partial charge in [-0.05, 0) is 42.7 Å². The Balaban J connectivity index is 1.56. The van der Waals surface area contributed by atoms with Crippen molar-refractivity contribution in [1.29, 1.82) is 0 Å². The molecular weight excluding hydrogens is 340 g/mol. The molecule has 0 saturated heterocycles. The molecular formula is C19H21F2N3O2. The van der Waals surface area contributed by atoms with Crippen molar-refractivity contribution in [2.45, 2.75) is 19.9 Å². The number of guanidine groups is 1. The molecule has 0 bridgehead atoms. The van der Waals surface area contributed by atoms with Gasteiger partial charge in [0.15, 0.2) is 17.5 Å². The van der Waals surface area contributed by atoms with E-state index in [1.165, 1.54) is 12.1 Å². The van der Waals surface area contributed by atoms with Crippen LogP contribution in [0, 0.1) is 11.6 Å². The van der Waals surface area contributed by atoms with Crippen molar-refractivity contribution in [1.82, 2.24) is 10.6 Å². The summed E-state index contributed by atoms with van der Waals surface area (Å²) in [6.07, 6.45) is 0.431. The third-order valence-electron chi connectivity index (χ3n) is 3.90. The smallest absolute Gasteiger partial charge is 0.231 e. The quantitative estimate of drug-likeness (QED) is 0.614. The Hall–Kier alpha value is -2.83. The minimum Gasteiger partial charge on any atom is -0.454 e. The minimum atomic E-state index is -0.571.